The first kappa shape index (κ1) is 11.8. The Bertz CT molecular complexity index is 264. The second-order valence-corrected chi connectivity index (χ2v) is 4.25. The van der Waals surface area contributed by atoms with Crippen molar-refractivity contribution in [1.29, 1.82) is 0 Å². The topological polar surface area (TPSA) is 80.0 Å². The Balaban J connectivity index is 1.97. The highest BCUT2D eigenvalue weighted by Gasteiger charge is 2.48. The van der Waals surface area contributed by atoms with Gasteiger partial charge in [-0.05, 0) is 0 Å². The molecule has 2 N–H and O–H groups in total. The zero-order valence-corrected chi connectivity index (χ0v) is 9.36. The molecule has 92 valence electrons. The smallest absolute Gasteiger partial charge is 0.330 e. The number of esters is 1. The lowest BCUT2D eigenvalue weighted by Gasteiger charge is -2.44. The highest BCUT2D eigenvalue weighted by Crippen LogP contribution is 2.32. The fraction of sp³-hybridized carbons (Fsp3) is 0.900. The molecule has 6 heteroatoms. The van der Waals surface area contributed by atoms with E-state index in [1.54, 1.807) is 0 Å². The molecule has 2 aliphatic rings. The predicted octanol–water partition coefficient (Wildman–Crippen LogP) is -0.590. The van der Waals surface area contributed by atoms with Gasteiger partial charge in [-0.2, -0.15) is 0 Å². The van der Waals surface area contributed by atoms with Crippen molar-refractivity contribution in [2.24, 2.45) is 5.73 Å². The quantitative estimate of drug-likeness (QED) is 0.608. The van der Waals surface area contributed by atoms with Crippen LogP contribution >= 0.6 is 0 Å². The van der Waals surface area contributed by atoms with Crippen LogP contribution in [0.5, 0.6) is 0 Å². The molecule has 0 aromatic heterocycles. The van der Waals surface area contributed by atoms with Crippen LogP contribution in [0.25, 0.3) is 0 Å². The second-order valence-electron chi connectivity index (χ2n) is 4.25. The predicted molar refractivity (Wildman–Crippen MR) is 53.6 cm³/mol. The van der Waals surface area contributed by atoms with Gasteiger partial charge in [0.2, 0.25) is 0 Å². The van der Waals surface area contributed by atoms with Gasteiger partial charge >= 0.3 is 5.97 Å². The van der Waals surface area contributed by atoms with E-state index in [2.05, 4.69) is 4.74 Å². The van der Waals surface area contributed by atoms with Gasteiger partial charge < -0.3 is 24.7 Å². The molecule has 0 aliphatic carbocycles. The summed E-state index contributed by atoms with van der Waals surface area (Å²) in [5.41, 5.74) is 4.67. The summed E-state index contributed by atoms with van der Waals surface area (Å²) in [6.07, 6.45) is 1.34. The van der Waals surface area contributed by atoms with Crippen LogP contribution in [0, 0.1) is 0 Å². The molecule has 0 unspecified atom stereocenters. The van der Waals surface area contributed by atoms with Crippen molar-refractivity contribution in [1.82, 2.24) is 0 Å². The SMILES string of the molecule is COC(=O)C1(N)COC2(CCOCC2)OC1. The third-order valence-electron chi connectivity index (χ3n) is 3.03. The Hall–Kier alpha value is -0.690. The molecule has 0 aromatic carbocycles. The molecule has 6 nitrogen and oxygen atoms in total. The van der Waals surface area contributed by atoms with Crippen LogP contribution in [0.3, 0.4) is 0 Å². The summed E-state index contributed by atoms with van der Waals surface area (Å²) < 4.78 is 21.1. The van der Waals surface area contributed by atoms with E-state index in [0.29, 0.717) is 26.1 Å². The van der Waals surface area contributed by atoms with E-state index in [-0.39, 0.29) is 13.2 Å². The maximum absolute atomic E-state index is 11.4. The number of ether oxygens (including phenoxy) is 4. The van der Waals surface area contributed by atoms with E-state index in [9.17, 15) is 4.79 Å². The van der Waals surface area contributed by atoms with E-state index in [0.717, 1.165) is 0 Å². The van der Waals surface area contributed by atoms with Gasteiger partial charge in [-0.1, -0.05) is 0 Å². The maximum atomic E-state index is 11.4. The third-order valence-corrected chi connectivity index (χ3v) is 3.03. The molecule has 1 spiro atoms. The fourth-order valence-electron chi connectivity index (χ4n) is 1.90. The van der Waals surface area contributed by atoms with E-state index in [4.69, 9.17) is 19.9 Å². The molecule has 2 saturated heterocycles. The molecule has 0 atom stereocenters. The zero-order chi connectivity index (χ0) is 11.6. The first-order valence-corrected chi connectivity index (χ1v) is 5.33. The van der Waals surface area contributed by atoms with Crippen LogP contribution in [0.15, 0.2) is 0 Å². The van der Waals surface area contributed by atoms with Crippen LogP contribution in [0.4, 0.5) is 0 Å². The average Bonchev–Trinajstić information content (AvgIpc) is 2.34. The van der Waals surface area contributed by atoms with Crippen LogP contribution in [0.2, 0.25) is 0 Å². The van der Waals surface area contributed by atoms with Crippen molar-refractivity contribution in [3.05, 3.63) is 0 Å². The van der Waals surface area contributed by atoms with Crippen molar-refractivity contribution < 1.29 is 23.7 Å². The number of carbonyl (C=O) groups is 1. The molecule has 16 heavy (non-hydrogen) atoms. The number of nitrogens with two attached hydrogens (primary N) is 1. The maximum Gasteiger partial charge on any atom is 0.330 e. The van der Waals surface area contributed by atoms with Gasteiger partial charge in [0.25, 0.3) is 0 Å². The minimum Gasteiger partial charge on any atom is -0.468 e. The van der Waals surface area contributed by atoms with Crippen LogP contribution < -0.4 is 5.73 Å². The van der Waals surface area contributed by atoms with Gasteiger partial charge in [0, 0.05) is 12.8 Å². The summed E-state index contributed by atoms with van der Waals surface area (Å²) in [5, 5.41) is 0. The average molecular weight is 231 g/mol. The fourth-order valence-corrected chi connectivity index (χ4v) is 1.90. The minimum atomic E-state index is -1.18. The van der Waals surface area contributed by atoms with Crippen LogP contribution in [-0.4, -0.2) is 50.8 Å². The molecule has 2 aliphatic heterocycles. The van der Waals surface area contributed by atoms with Gasteiger partial charge in [-0.25, -0.2) is 4.79 Å². The Morgan fingerprint density at radius 3 is 2.31 bits per heavy atom. The molecule has 0 saturated carbocycles. The standard InChI is InChI=1S/C10H17NO5/c1-13-8(12)9(11)6-15-10(16-7-9)2-4-14-5-3-10/h2-7,11H2,1H3. The Kier molecular flexibility index (Phi) is 3.16. The van der Waals surface area contributed by atoms with E-state index in [1.165, 1.54) is 7.11 Å². The van der Waals surface area contributed by atoms with Crippen molar-refractivity contribution in [2.45, 2.75) is 24.2 Å². The zero-order valence-electron chi connectivity index (χ0n) is 9.36. The second kappa shape index (κ2) is 4.29. The summed E-state index contributed by atoms with van der Waals surface area (Å²) in [6, 6.07) is 0. The van der Waals surface area contributed by atoms with Crippen molar-refractivity contribution in [3.8, 4) is 0 Å². The first-order valence-electron chi connectivity index (χ1n) is 5.33. The van der Waals surface area contributed by atoms with Gasteiger partial charge in [0.05, 0.1) is 33.5 Å². The lowest BCUT2D eigenvalue weighted by atomic mass is 9.99. The molecule has 0 bridgehead atoms. The normalized spacial score (nSPS) is 27.6. The molecule has 0 radical (unpaired) electrons. The molecular formula is C10H17NO5. The van der Waals surface area contributed by atoms with E-state index in [1.807, 2.05) is 0 Å². The van der Waals surface area contributed by atoms with E-state index < -0.39 is 17.3 Å². The largest absolute Gasteiger partial charge is 0.468 e. The number of methoxy groups -OCH3 is 1. The highest BCUT2D eigenvalue weighted by molar-refractivity contribution is 5.81. The molecule has 0 aromatic rings. The summed E-state index contributed by atoms with van der Waals surface area (Å²) in [7, 11) is 1.30. The van der Waals surface area contributed by atoms with Gasteiger partial charge in [0.1, 0.15) is 0 Å². The molecule has 2 heterocycles. The van der Waals surface area contributed by atoms with Crippen molar-refractivity contribution >= 4 is 5.97 Å². The lowest BCUT2D eigenvalue weighted by molar-refractivity contribution is -0.308. The number of hydrogen-bond donors (Lipinski definition) is 1. The molecule has 2 rings (SSSR count). The van der Waals surface area contributed by atoms with Crippen LogP contribution in [-0.2, 0) is 23.7 Å². The third kappa shape index (κ3) is 2.06. The Morgan fingerprint density at radius 2 is 1.81 bits per heavy atom. The first-order chi connectivity index (χ1) is 7.60. The summed E-state index contributed by atoms with van der Waals surface area (Å²) in [4.78, 5) is 11.4. The lowest BCUT2D eigenvalue weighted by Crippen LogP contribution is -2.64. The van der Waals surface area contributed by atoms with Crippen molar-refractivity contribution in [3.63, 3.8) is 0 Å². The number of hydrogen-bond acceptors (Lipinski definition) is 6. The summed E-state index contributed by atoms with van der Waals surface area (Å²) in [6.45, 7) is 1.46. The number of carbonyl (C=O) groups excluding carboxylic acids is 1. The molecular weight excluding hydrogens is 214 g/mol. The van der Waals surface area contributed by atoms with Gasteiger partial charge in [0.15, 0.2) is 11.3 Å². The van der Waals surface area contributed by atoms with Gasteiger partial charge in [-0.3, -0.25) is 0 Å². The minimum absolute atomic E-state index is 0.125. The Labute approximate surface area is 94.0 Å². The summed E-state index contributed by atoms with van der Waals surface area (Å²) in [5.74, 6) is -1.12. The highest BCUT2D eigenvalue weighted by atomic mass is 16.7. The van der Waals surface area contributed by atoms with Gasteiger partial charge in [-0.15, -0.1) is 0 Å². The molecule has 0 amide bonds. The van der Waals surface area contributed by atoms with E-state index >= 15 is 0 Å². The van der Waals surface area contributed by atoms with Crippen molar-refractivity contribution in [2.75, 3.05) is 33.5 Å². The Morgan fingerprint density at radius 1 is 1.25 bits per heavy atom. The summed E-state index contributed by atoms with van der Waals surface area (Å²) >= 11 is 0. The molecule has 2 fully saturated rings. The number of rotatable bonds is 1. The van der Waals surface area contributed by atoms with Crippen LogP contribution in [0.1, 0.15) is 12.8 Å². The monoisotopic (exact) mass is 231 g/mol.